The van der Waals surface area contributed by atoms with Gasteiger partial charge in [0.25, 0.3) is 0 Å². The van der Waals surface area contributed by atoms with Crippen LogP contribution in [0.15, 0.2) is 36.5 Å². The van der Waals surface area contributed by atoms with Crippen molar-refractivity contribution in [2.24, 2.45) is 0 Å². The zero-order valence-electron chi connectivity index (χ0n) is 37.7. The van der Waals surface area contributed by atoms with Gasteiger partial charge in [-0.2, -0.15) is 0 Å². The van der Waals surface area contributed by atoms with Crippen LogP contribution in [-0.2, 0) is 32.7 Å². The van der Waals surface area contributed by atoms with Crippen LogP contribution in [0, 0.1) is 0 Å². The molecule has 1 aliphatic rings. The smallest absolute Gasteiger partial charge is 0.462 e. The summed E-state index contributed by atoms with van der Waals surface area (Å²) in [7, 11) is -5.12. The van der Waals surface area contributed by atoms with Crippen molar-refractivity contribution in [3.63, 3.8) is 0 Å². The third-order valence-corrected chi connectivity index (χ3v) is 11.9. The fourth-order valence-corrected chi connectivity index (χ4v) is 8.05. The van der Waals surface area contributed by atoms with Crippen LogP contribution < -0.4 is 0 Å². The first-order valence-corrected chi connectivity index (χ1v) is 25.3. The molecule has 356 valence electrons. The van der Waals surface area contributed by atoms with Crippen LogP contribution in [0.5, 0.6) is 0 Å². The van der Waals surface area contributed by atoms with Gasteiger partial charge >= 0.3 is 19.8 Å². The molecule has 0 saturated heterocycles. The predicted octanol–water partition coefficient (Wildman–Crippen LogP) is 9.39. The quantitative estimate of drug-likeness (QED) is 0.0147. The van der Waals surface area contributed by atoms with Gasteiger partial charge in [-0.15, -0.1) is 0 Å². The molecule has 0 aromatic heterocycles. The van der Waals surface area contributed by atoms with Crippen molar-refractivity contribution in [2.45, 2.75) is 236 Å². The van der Waals surface area contributed by atoms with E-state index in [1.54, 1.807) is 0 Å². The Labute approximate surface area is 368 Å². The number of hydrogen-bond donors (Lipinski definition) is 6. The van der Waals surface area contributed by atoms with Gasteiger partial charge in [-0.1, -0.05) is 147 Å². The van der Waals surface area contributed by atoms with Crippen LogP contribution >= 0.6 is 7.82 Å². The highest BCUT2D eigenvalue weighted by Gasteiger charge is 2.51. The van der Waals surface area contributed by atoms with E-state index in [1.165, 1.54) is 57.8 Å². The zero-order chi connectivity index (χ0) is 45.0. The number of carbonyl (C=O) groups excluding carboxylic acids is 2. The van der Waals surface area contributed by atoms with E-state index in [4.69, 9.17) is 18.5 Å². The van der Waals surface area contributed by atoms with E-state index in [0.717, 1.165) is 96.3 Å². The van der Waals surface area contributed by atoms with E-state index >= 15 is 0 Å². The molecule has 0 heterocycles. The predicted molar refractivity (Wildman–Crippen MR) is 240 cm³/mol. The van der Waals surface area contributed by atoms with Gasteiger partial charge in [0.15, 0.2) is 6.10 Å². The molecule has 0 bridgehead atoms. The molecule has 13 nitrogen and oxygen atoms in total. The van der Waals surface area contributed by atoms with E-state index in [1.807, 2.05) is 0 Å². The molecule has 6 unspecified atom stereocenters. The standard InChI is InChI=1S/C47H85O13P/c1-3-5-7-9-11-13-15-17-19-20-22-24-26-28-30-32-34-36-41(49)59-39(38-58-61(55,56)60-47-45(53)43(51)42(50)44(52)46(47)54)37-57-40(48)35-33-31-29-27-25-23-21-18-16-14-12-10-8-6-4-2/h11,13,17-19,21,39,42-47,50-54H,3-10,12,14-16,20,22-38H2,1-2H3,(H,55,56)/b13-11-,19-17-,21-18-/t39-,42?,43-,44?,45?,46?,47?/m1/s1. The lowest BCUT2D eigenvalue weighted by atomic mass is 9.85. The summed E-state index contributed by atoms with van der Waals surface area (Å²) in [5.41, 5.74) is 0. The molecule has 0 aliphatic heterocycles. The van der Waals surface area contributed by atoms with Gasteiger partial charge < -0.3 is 39.9 Å². The first kappa shape index (κ1) is 57.1. The maximum atomic E-state index is 12.8. The number of allylic oxidation sites excluding steroid dienone is 6. The molecule has 8 atom stereocenters. The number of phosphoric acid groups is 1. The number of unbranched alkanes of at least 4 members (excludes halogenated alkanes) is 21. The lowest BCUT2D eigenvalue weighted by molar-refractivity contribution is -0.220. The molecule has 1 fully saturated rings. The number of esters is 2. The number of rotatable bonds is 39. The van der Waals surface area contributed by atoms with Crippen LogP contribution in [-0.4, -0.2) is 98.3 Å². The summed E-state index contributed by atoms with van der Waals surface area (Å²) in [5, 5.41) is 50.2. The van der Waals surface area contributed by atoms with Crippen molar-refractivity contribution in [3.05, 3.63) is 36.5 Å². The fraction of sp³-hybridized carbons (Fsp3) is 0.830. The molecule has 1 aliphatic carbocycles. The largest absolute Gasteiger partial charge is 0.472 e. The van der Waals surface area contributed by atoms with E-state index in [-0.39, 0.29) is 12.8 Å². The van der Waals surface area contributed by atoms with E-state index < -0.39 is 75.7 Å². The van der Waals surface area contributed by atoms with Gasteiger partial charge in [-0.3, -0.25) is 18.6 Å². The lowest BCUT2D eigenvalue weighted by Gasteiger charge is -2.41. The molecule has 1 rings (SSSR count). The van der Waals surface area contributed by atoms with Crippen molar-refractivity contribution in [1.82, 2.24) is 0 Å². The first-order chi connectivity index (χ1) is 29.4. The monoisotopic (exact) mass is 889 g/mol. The van der Waals surface area contributed by atoms with Crippen molar-refractivity contribution in [3.8, 4) is 0 Å². The van der Waals surface area contributed by atoms with Crippen molar-refractivity contribution in [2.75, 3.05) is 13.2 Å². The first-order valence-electron chi connectivity index (χ1n) is 23.8. The second-order valence-corrected chi connectivity index (χ2v) is 18.0. The molecule has 61 heavy (non-hydrogen) atoms. The second-order valence-electron chi connectivity index (χ2n) is 16.6. The third-order valence-electron chi connectivity index (χ3n) is 11.0. The summed E-state index contributed by atoms with van der Waals surface area (Å²) in [6.07, 6.45) is 29.0. The Morgan fingerprint density at radius 3 is 1.38 bits per heavy atom. The van der Waals surface area contributed by atoms with Gasteiger partial charge in [0, 0.05) is 12.8 Å². The van der Waals surface area contributed by atoms with Gasteiger partial charge in [0.1, 0.15) is 43.2 Å². The molecular formula is C47H85O13P. The normalized spacial score (nSPS) is 22.3. The Balaban J connectivity index is 2.46. The third kappa shape index (κ3) is 30.0. The minimum absolute atomic E-state index is 0.0864. The highest BCUT2D eigenvalue weighted by atomic mass is 31.2. The number of aliphatic hydroxyl groups is 5. The van der Waals surface area contributed by atoms with Gasteiger partial charge in [0.2, 0.25) is 0 Å². The molecule has 14 heteroatoms. The maximum absolute atomic E-state index is 12.8. The minimum atomic E-state index is -5.12. The number of aliphatic hydroxyl groups excluding tert-OH is 5. The second kappa shape index (κ2) is 37.4. The molecular weight excluding hydrogens is 803 g/mol. The Morgan fingerprint density at radius 1 is 0.508 bits per heavy atom. The highest BCUT2D eigenvalue weighted by Crippen LogP contribution is 2.47. The maximum Gasteiger partial charge on any atom is 0.472 e. The Morgan fingerprint density at radius 2 is 0.885 bits per heavy atom. The summed E-state index contributed by atoms with van der Waals surface area (Å²) >= 11 is 0. The number of phosphoric ester groups is 1. The van der Waals surface area contributed by atoms with Crippen LogP contribution in [0.4, 0.5) is 0 Å². The topological polar surface area (TPSA) is 210 Å². The SMILES string of the molecule is CCCCC/C=C\C/C=C\CCCCCCCCCC(=O)O[C@H](COC(=O)CCCCCCC/C=C\CCCCCCCC)COP(=O)(O)OC1C(O)C(O)C(O)[C@@H](O)C1O. The lowest BCUT2D eigenvalue weighted by Crippen LogP contribution is -2.64. The summed E-state index contributed by atoms with van der Waals surface area (Å²) < 4.78 is 33.5. The summed E-state index contributed by atoms with van der Waals surface area (Å²) in [5.74, 6) is -1.12. The van der Waals surface area contributed by atoms with E-state index in [0.29, 0.717) is 12.8 Å². The minimum Gasteiger partial charge on any atom is -0.462 e. The fourth-order valence-electron chi connectivity index (χ4n) is 7.08. The summed E-state index contributed by atoms with van der Waals surface area (Å²) in [6, 6.07) is 0. The van der Waals surface area contributed by atoms with E-state index in [9.17, 15) is 44.6 Å². The van der Waals surface area contributed by atoms with Crippen LogP contribution in [0.25, 0.3) is 0 Å². The van der Waals surface area contributed by atoms with Crippen molar-refractivity contribution in [1.29, 1.82) is 0 Å². The zero-order valence-corrected chi connectivity index (χ0v) is 38.6. The Bertz CT molecular complexity index is 1210. The molecule has 6 N–H and O–H groups in total. The van der Waals surface area contributed by atoms with Crippen LogP contribution in [0.1, 0.15) is 194 Å². The molecule has 0 spiro atoms. The Hall–Kier alpha value is -1.93. The highest BCUT2D eigenvalue weighted by molar-refractivity contribution is 7.47. The molecule has 0 radical (unpaired) electrons. The number of ether oxygens (including phenoxy) is 2. The average molecular weight is 889 g/mol. The van der Waals surface area contributed by atoms with E-state index in [2.05, 4.69) is 50.3 Å². The van der Waals surface area contributed by atoms with Gasteiger partial charge in [-0.05, 0) is 70.6 Å². The molecule has 1 saturated carbocycles. The summed E-state index contributed by atoms with van der Waals surface area (Å²) in [6.45, 7) is 3.26. The van der Waals surface area contributed by atoms with Crippen molar-refractivity contribution < 1.29 is 63.1 Å². The molecule has 0 amide bonds. The van der Waals surface area contributed by atoms with Crippen LogP contribution in [0.3, 0.4) is 0 Å². The van der Waals surface area contributed by atoms with Crippen LogP contribution in [0.2, 0.25) is 0 Å². The molecule has 0 aromatic carbocycles. The average Bonchev–Trinajstić information content (AvgIpc) is 3.24. The summed E-state index contributed by atoms with van der Waals surface area (Å²) in [4.78, 5) is 35.7. The number of hydrogen-bond acceptors (Lipinski definition) is 12. The molecule has 0 aromatic rings. The van der Waals surface area contributed by atoms with Gasteiger partial charge in [-0.25, -0.2) is 4.57 Å². The van der Waals surface area contributed by atoms with Crippen molar-refractivity contribution >= 4 is 19.8 Å². The Kier molecular flexibility index (Phi) is 35.0. The van der Waals surface area contributed by atoms with Gasteiger partial charge in [0.05, 0.1) is 6.61 Å². The number of carbonyl (C=O) groups is 2.